The van der Waals surface area contributed by atoms with Gasteiger partial charge >= 0.3 is 0 Å². The minimum Gasteiger partial charge on any atom is -0.497 e. The smallest absolute Gasteiger partial charge is 0.243 e. The van der Waals surface area contributed by atoms with Crippen molar-refractivity contribution in [2.24, 2.45) is 15.7 Å². The van der Waals surface area contributed by atoms with Crippen LogP contribution in [-0.2, 0) is 6.42 Å². The van der Waals surface area contributed by atoms with Gasteiger partial charge in [-0.15, -0.1) is 0 Å². The number of ether oxygens (including phenoxy) is 2. The Bertz CT molecular complexity index is 874. The molecule has 3 rings (SSSR count). The number of methoxy groups -OCH3 is 2. The van der Waals surface area contributed by atoms with E-state index in [1.54, 1.807) is 14.2 Å². The molecule has 7 heteroatoms. The topological polar surface area (TPSA) is 110 Å². The molecular formula is C18H20N5O2+. The number of guanidine groups is 1. The van der Waals surface area contributed by atoms with E-state index >= 15 is 0 Å². The van der Waals surface area contributed by atoms with Crippen molar-refractivity contribution in [1.29, 1.82) is 5.41 Å². The molecule has 0 atom stereocenters. The summed E-state index contributed by atoms with van der Waals surface area (Å²) in [6, 6.07) is 13.4. The minimum absolute atomic E-state index is 0.232. The molecule has 0 aliphatic carbocycles. The third kappa shape index (κ3) is 3.67. The molecule has 0 aromatic heterocycles. The molecule has 128 valence electrons. The number of amidine groups is 2. The monoisotopic (exact) mass is 338 g/mol. The van der Waals surface area contributed by atoms with E-state index in [4.69, 9.17) is 25.6 Å². The molecule has 2 aromatic carbocycles. The number of quaternary nitrogens is 1. The first-order valence-corrected chi connectivity index (χ1v) is 7.76. The number of nitrogens with two attached hydrogens (primary N) is 2. The zero-order valence-corrected chi connectivity index (χ0v) is 14.1. The summed E-state index contributed by atoms with van der Waals surface area (Å²) in [6.07, 6.45) is 0.568. The van der Waals surface area contributed by atoms with E-state index in [-0.39, 0.29) is 5.96 Å². The molecule has 1 aliphatic rings. The zero-order valence-electron chi connectivity index (χ0n) is 14.1. The highest BCUT2D eigenvalue weighted by molar-refractivity contribution is 6.08. The largest absolute Gasteiger partial charge is 0.497 e. The highest BCUT2D eigenvalue weighted by Gasteiger charge is 2.24. The first-order chi connectivity index (χ1) is 12.1. The van der Waals surface area contributed by atoms with Gasteiger partial charge < -0.3 is 15.2 Å². The molecule has 0 bridgehead atoms. The van der Waals surface area contributed by atoms with E-state index in [2.05, 4.69) is 4.99 Å². The van der Waals surface area contributed by atoms with Gasteiger partial charge in [0.15, 0.2) is 0 Å². The lowest BCUT2D eigenvalue weighted by Crippen LogP contribution is -2.93. The summed E-state index contributed by atoms with van der Waals surface area (Å²) in [5, 5.41) is 9.32. The molecule has 1 aliphatic heterocycles. The molecule has 25 heavy (non-hydrogen) atoms. The molecule has 0 saturated heterocycles. The SMILES string of the molecule is COc1ccc(CC2=Nc3ccccc3C(=NC(=N)N)[NH2+]2)c(OC)c1. The average Bonchev–Trinajstić information content (AvgIpc) is 2.61. The summed E-state index contributed by atoms with van der Waals surface area (Å²) in [4.78, 5) is 8.83. The van der Waals surface area contributed by atoms with Crippen molar-refractivity contribution >= 4 is 23.3 Å². The second-order valence-electron chi connectivity index (χ2n) is 5.50. The van der Waals surface area contributed by atoms with Crippen molar-refractivity contribution < 1.29 is 14.8 Å². The fourth-order valence-electron chi connectivity index (χ4n) is 2.72. The third-order valence-corrected chi connectivity index (χ3v) is 3.85. The molecule has 0 radical (unpaired) electrons. The normalized spacial score (nSPS) is 14.6. The lowest BCUT2D eigenvalue weighted by molar-refractivity contribution is -0.410. The average molecular weight is 338 g/mol. The van der Waals surface area contributed by atoms with Crippen LogP contribution < -0.4 is 20.5 Å². The van der Waals surface area contributed by atoms with Gasteiger partial charge in [-0.05, 0) is 18.2 Å². The lowest BCUT2D eigenvalue weighted by atomic mass is 10.1. The fourth-order valence-corrected chi connectivity index (χ4v) is 2.72. The Hall–Kier alpha value is -3.19. The van der Waals surface area contributed by atoms with Crippen LogP contribution in [0, 0.1) is 5.41 Å². The molecule has 0 unspecified atom stereocenters. The van der Waals surface area contributed by atoms with Gasteiger partial charge in [0.05, 0.1) is 31.9 Å². The van der Waals surface area contributed by atoms with Crippen molar-refractivity contribution in [2.45, 2.75) is 6.42 Å². The number of fused-ring (bicyclic) bond motifs is 1. The molecule has 0 saturated carbocycles. The molecule has 0 amide bonds. The van der Waals surface area contributed by atoms with E-state index in [9.17, 15) is 0 Å². The Morgan fingerprint density at radius 1 is 1.20 bits per heavy atom. The molecular weight excluding hydrogens is 318 g/mol. The Morgan fingerprint density at radius 2 is 2.00 bits per heavy atom. The van der Waals surface area contributed by atoms with Gasteiger partial charge in [-0.25, -0.2) is 0 Å². The fraction of sp³-hybridized carbons (Fsp3) is 0.167. The van der Waals surface area contributed by atoms with Crippen LogP contribution in [0.15, 0.2) is 52.4 Å². The van der Waals surface area contributed by atoms with E-state index in [0.29, 0.717) is 12.3 Å². The van der Waals surface area contributed by atoms with Gasteiger partial charge in [0.2, 0.25) is 17.6 Å². The van der Waals surface area contributed by atoms with Crippen molar-refractivity contribution in [1.82, 2.24) is 0 Å². The molecule has 5 N–H and O–H groups in total. The van der Waals surface area contributed by atoms with Crippen LogP contribution in [0.25, 0.3) is 0 Å². The predicted molar refractivity (Wildman–Crippen MR) is 97.2 cm³/mol. The maximum atomic E-state index is 7.46. The van der Waals surface area contributed by atoms with Crippen molar-refractivity contribution in [3.05, 3.63) is 53.6 Å². The number of hydrogen-bond acceptors (Lipinski definition) is 4. The number of benzene rings is 2. The van der Waals surface area contributed by atoms with Crippen LogP contribution in [-0.4, -0.2) is 31.9 Å². The highest BCUT2D eigenvalue weighted by Crippen LogP contribution is 2.26. The van der Waals surface area contributed by atoms with Gasteiger partial charge in [0, 0.05) is 11.6 Å². The highest BCUT2D eigenvalue weighted by atomic mass is 16.5. The number of nitrogens with one attached hydrogen (secondary N) is 1. The summed E-state index contributed by atoms with van der Waals surface area (Å²) in [7, 11) is 3.25. The van der Waals surface area contributed by atoms with Gasteiger partial charge in [0.1, 0.15) is 11.5 Å². The van der Waals surface area contributed by atoms with Crippen molar-refractivity contribution in [3.8, 4) is 11.5 Å². The number of para-hydroxylation sites is 1. The minimum atomic E-state index is -0.232. The number of aliphatic imine (C=N–C) groups is 2. The van der Waals surface area contributed by atoms with E-state index in [0.717, 1.165) is 34.1 Å². The summed E-state index contributed by atoms with van der Waals surface area (Å²) in [5.74, 6) is 2.70. The molecule has 0 fully saturated rings. The van der Waals surface area contributed by atoms with Gasteiger partial charge in [-0.3, -0.25) is 10.7 Å². The third-order valence-electron chi connectivity index (χ3n) is 3.85. The maximum Gasteiger partial charge on any atom is 0.243 e. The predicted octanol–water partition coefficient (Wildman–Crippen LogP) is 1.19. The molecule has 0 spiro atoms. The summed E-state index contributed by atoms with van der Waals surface area (Å²) >= 11 is 0. The van der Waals surface area contributed by atoms with Gasteiger partial charge in [-0.1, -0.05) is 18.2 Å². The Balaban J connectivity index is 1.96. The van der Waals surface area contributed by atoms with Crippen LogP contribution in [0.2, 0.25) is 0 Å². The lowest BCUT2D eigenvalue weighted by Gasteiger charge is -2.16. The van der Waals surface area contributed by atoms with Gasteiger partial charge in [0.25, 0.3) is 0 Å². The van der Waals surface area contributed by atoms with Crippen LogP contribution in [0.5, 0.6) is 11.5 Å². The Morgan fingerprint density at radius 3 is 2.72 bits per heavy atom. The Kier molecular flexibility index (Phi) is 4.76. The quantitative estimate of drug-likeness (QED) is 0.575. The first kappa shape index (κ1) is 16.7. The standard InChI is InChI=1S/C18H19N5O2/c1-24-12-8-7-11(15(10-12)25-2)9-16-21-14-6-4-3-5-13(14)17(22-16)23-18(19)20/h3-8,10H,9H2,1-2H3,(H4,19,20,21,22,23)/p+1. The van der Waals surface area contributed by atoms with Crippen LogP contribution in [0.1, 0.15) is 11.1 Å². The second kappa shape index (κ2) is 7.14. The van der Waals surface area contributed by atoms with Crippen LogP contribution >= 0.6 is 0 Å². The van der Waals surface area contributed by atoms with E-state index < -0.39 is 0 Å². The number of nitrogens with zero attached hydrogens (tertiary/aromatic N) is 2. The molecule has 2 aromatic rings. The number of hydrogen-bond donors (Lipinski definition) is 3. The second-order valence-corrected chi connectivity index (χ2v) is 5.50. The zero-order chi connectivity index (χ0) is 17.8. The van der Waals surface area contributed by atoms with E-state index in [1.807, 2.05) is 47.8 Å². The van der Waals surface area contributed by atoms with Gasteiger partial charge in [-0.2, -0.15) is 9.98 Å². The maximum absolute atomic E-state index is 7.46. The Labute approximate surface area is 145 Å². The van der Waals surface area contributed by atoms with E-state index in [1.165, 1.54) is 0 Å². The summed E-state index contributed by atoms with van der Waals surface area (Å²) in [5.41, 5.74) is 8.12. The number of rotatable bonds is 4. The van der Waals surface area contributed by atoms with Crippen molar-refractivity contribution in [3.63, 3.8) is 0 Å². The summed E-state index contributed by atoms with van der Waals surface area (Å²) < 4.78 is 10.7. The van der Waals surface area contributed by atoms with Crippen LogP contribution in [0.3, 0.4) is 0 Å². The molecule has 7 nitrogen and oxygen atoms in total. The molecule has 1 heterocycles. The summed E-state index contributed by atoms with van der Waals surface area (Å²) in [6.45, 7) is 0. The van der Waals surface area contributed by atoms with Crippen molar-refractivity contribution in [2.75, 3.05) is 14.2 Å². The van der Waals surface area contributed by atoms with Crippen LogP contribution in [0.4, 0.5) is 5.69 Å². The first-order valence-electron chi connectivity index (χ1n) is 7.76.